The van der Waals surface area contributed by atoms with E-state index < -0.39 is 6.10 Å². The van der Waals surface area contributed by atoms with Crippen molar-refractivity contribution in [1.29, 1.82) is 0 Å². The van der Waals surface area contributed by atoms with Crippen LogP contribution < -0.4 is 5.32 Å². The molecule has 2 rings (SSSR count). The summed E-state index contributed by atoms with van der Waals surface area (Å²) in [5.41, 5.74) is 1.08. The Morgan fingerprint density at radius 1 is 1.31 bits per heavy atom. The summed E-state index contributed by atoms with van der Waals surface area (Å²) in [5, 5.41) is 13.5. The third-order valence-electron chi connectivity index (χ3n) is 5.02. The highest BCUT2D eigenvalue weighted by molar-refractivity contribution is 5.85. The molecule has 0 saturated carbocycles. The number of likely N-dealkylation sites (N-methyl/N-ethyl adjacent to an activating group) is 1. The number of aliphatic hydroxyl groups excluding tert-OH is 1. The van der Waals surface area contributed by atoms with Crippen LogP contribution in [0, 0.1) is 11.8 Å². The Kier molecular flexibility index (Phi) is 10.8. The smallest absolute Gasteiger partial charge is 0.222 e. The first-order valence-corrected chi connectivity index (χ1v) is 9.30. The van der Waals surface area contributed by atoms with Gasteiger partial charge in [-0.3, -0.25) is 4.79 Å². The first kappa shape index (κ1) is 22.9. The SMILES string of the molecule is CC(CC(=O)N(C)CC(O)COCc1ccccc1)C1CCNCC1.Cl. The third-order valence-corrected chi connectivity index (χ3v) is 5.02. The summed E-state index contributed by atoms with van der Waals surface area (Å²) in [7, 11) is 1.76. The molecular weight excluding hydrogens is 352 g/mol. The fourth-order valence-electron chi connectivity index (χ4n) is 3.37. The van der Waals surface area contributed by atoms with Crippen LogP contribution in [0.15, 0.2) is 30.3 Å². The highest BCUT2D eigenvalue weighted by atomic mass is 35.5. The number of aliphatic hydroxyl groups is 1. The van der Waals surface area contributed by atoms with Gasteiger partial charge in [0.15, 0.2) is 0 Å². The van der Waals surface area contributed by atoms with Crippen molar-refractivity contribution in [3.05, 3.63) is 35.9 Å². The maximum Gasteiger partial charge on any atom is 0.222 e. The van der Waals surface area contributed by atoms with Crippen LogP contribution in [0.2, 0.25) is 0 Å². The van der Waals surface area contributed by atoms with Gasteiger partial charge in [-0.25, -0.2) is 0 Å². The summed E-state index contributed by atoms with van der Waals surface area (Å²) in [5.74, 6) is 1.12. The van der Waals surface area contributed by atoms with Crippen LogP contribution in [0.5, 0.6) is 0 Å². The standard InChI is InChI=1S/C20H32N2O3.ClH/c1-16(18-8-10-21-11-9-18)12-20(24)22(2)13-19(23)15-25-14-17-6-4-3-5-7-17;/h3-7,16,18-19,21,23H,8-15H2,1-2H3;1H. The van der Waals surface area contributed by atoms with Crippen LogP contribution >= 0.6 is 12.4 Å². The molecule has 148 valence electrons. The lowest BCUT2D eigenvalue weighted by atomic mass is 9.84. The van der Waals surface area contributed by atoms with Gasteiger partial charge in [-0.1, -0.05) is 37.3 Å². The molecule has 0 spiro atoms. The van der Waals surface area contributed by atoms with Crippen molar-refractivity contribution in [2.45, 2.75) is 38.9 Å². The molecule has 2 atom stereocenters. The second-order valence-corrected chi connectivity index (χ2v) is 7.20. The zero-order valence-corrected chi connectivity index (χ0v) is 16.7. The molecule has 0 radical (unpaired) electrons. The van der Waals surface area contributed by atoms with Gasteiger partial charge in [0, 0.05) is 20.0 Å². The number of hydrogen-bond acceptors (Lipinski definition) is 4. The van der Waals surface area contributed by atoms with Crippen molar-refractivity contribution < 1.29 is 14.6 Å². The van der Waals surface area contributed by atoms with Crippen LogP contribution in [-0.2, 0) is 16.1 Å². The summed E-state index contributed by atoms with van der Waals surface area (Å²) in [4.78, 5) is 14.0. The number of nitrogens with one attached hydrogen (secondary N) is 1. The Bertz CT molecular complexity index is 509. The van der Waals surface area contributed by atoms with Crippen LogP contribution in [-0.4, -0.2) is 55.3 Å². The summed E-state index contributed by atoms with van der Waals surface area (Å²) in [6.45, 7) is 5.29. The second kappa shape index (κ2) is 12.3. The van der Waals surface area contributed by atoms with Gasteiger partial charge in [0.25, 0.3) is 0 Å². The number of amides is 1. The Balaban J connectivity index is 0.00000338. The van der Waals surface area contributed by atoms with E-state index in [4.69, 9.17) is 4.74 Å². The first-order chi connectivity index (χ1) is 12.1. The summed E-state index contributed by atoms with van der Waals surface area (Å²) in [6, 6.07) is 9.87. The lowest BCUT2D eigenvalue weighted by molar-refractivity contribution is -0.133. The molecule has 1 aromatic carbocycles. The van der Waals surface area contributed by atoms with Crippen molar-refractivity contribution >= 4 is 18.3 Å². The molecule has 2 N–H and O–H groups in total. The molecule has 2 unspecified atom stereocenters. The predicted molar refractivity (Wildman–Crippen MR) is 106 cm³/mol. The fourth-order valence-corrected chi connectivity index (χ4v) is 3.37. The minimum atomic E-state index is -0.660. The number of nitrogens with zero attached hydrogens (tertiary/aromatic N) is 1. The van der Waals surface area contributed by atoms with E-state index >= 15 is 0 Å². The molecule has 5 nitrogen and oxygen atoms in total. The largest absolute Gasteiger partial charge is 0.389 e. The third kappa shape index (κ3) is 8.04. The maximum absolute atomic E-state index is 12.4. The normalized spacial score (nSPS) is 17.2. The van der Waals surface area contributed by atoms with Crippen molar-refractivity contribution in [1.82, 2.24) is 10.2 Å². The summed E-state index contributed by atoms with van der Waals surface area (Å²) >= 11 is 0. The zero-order chi connectivity index (χ0) is 18.1. The molecular formula is C20H33ClN2O3. The number of carbonyl (C=O) groups is 1. The molecule has 6 heteroatoms. The molecule has 26 heavy (non-hydrogen) atoms. The van der Waals surface area contributed by atoms with Crippen LogP contribution in [0.3, 0.4) is 0 Å². The van der Waals surface area contributed by atoms with Crippen LogP contribution in [0.25, 0.3) is 0 Å². The molecule has 1 amide bonds. The van der Waals surface area contributed by atoms with E-state index in [2.05, 4.69) is 12.2 Å². The highest BCUT2D eigenvalue weighted by Gasteiger charge is 2.24. The van der Waals surface area contributed by atoms with Gasteiger partial charge >= 0.3 is 0 Å². The second-order valence-electron chi connectivity index (χ2n) is 7.20. The predicted octanol–water partition coefficient (Wildman–Crippen LogP) is 2.47. The Morgan fingerprint density at radius 2 is 1.96 bits per heavy atom. The van der Waals surface area contributed by atoms with E-state index in [9.17, 15) is 9.90 Å². The molecule has 0 bridgehead atoms. The first-order valence-electron chi connectivity index (χ1n) is 9.30. The van der Waals surface area contributed by atoms with Crippen LogP contribution in [0.1, 0.15) is 31.7 Å². The molecule has 0 aromatic heterocycles. The van der Waals surface area contributed by atoms with Gasteiger partial charge in [0.2, 0.25) is 5.91 Å². The van der Waals surface area contributed by atoms with E-state index in [0.717, 1.165) is 31.5 Å². The highest BCUT2D eigenvalue weighted by Crippen LogP contribution is 2.24. The molecule has 1 aliphatic rings. The van der Waals surface area contributed by atoms with Crippen molar-refractivity contribution in [2.24, 2.45) is 11.8 Å². The number of halogens is 1. The lowest BCUT2D eigenvalue weighted by Gasteiger charge is -2.29. The van der Waals surface area contributed by atoms with Gasteiger partial charge in [0.05, 0.1) is 19.3 Å². The maximum atomic E-state index is 12.4. The quantitative estimate of drug-likeness (QED) is 0.686. The van der Waals surface area contributed by atoms with Crippen LogP contribution in [0.4, 0.5) is 0 Å². The molecule has 1 aliphatic heterocycles. The van der Waals surface area contributed by atoms with Crippen molar-refractivity contribution in [3.8, 4) is 0 Å². The molecule has 1 heterocycles. The number of rotatable bonds is 9. The van der Waals surface area contributed by atoms with Gasteiger partial charge in [-0.05, 0) is 43.3 Å². The molecule has 1 aromatic rings. The Labute approximate surface area is 163 Å². The average Bonchev–Trinajstić information content (AvgIpc) is 2.63. The average molecular weight is 385 g/mol. The van der Waals surface area contributed by atoms with Crippen molar-refractivity contribution in [2.75, 3.05) is 33.3 Å². The minimum Gasteiger partial charge on any atom is -0.389 e. The van der Waals surface area contributed by atoms with Gasteiger partial charge in [-0.15, -0.1) is 12.4 Å². The van der Waals surface area contributed by atoms with E-state index in [1.807, 2.05) is 30.3 Å². The number of benzene rings is 1. The molecule has 1 saturated heterocycles. The van der Waals surface area contributed by atoms with Crippen molar-refractivity contribution in [3.63, 3.8) is 0 Å². The summed E-state index contributed by atoms with van der Waals surface area (Å²) in [6.07, 6.45) is 2.19. The van der Waals surface area contributed by atoms with E-state index in [1.54, 1.807) is 11.9 Å². The van der Waals surface area contributed by atoms with E-state index in [1.165, 1.54) is 0 Å². The van der Waals surface area contributed by atoms with Gasteiger partial charge in [-0.2, -0.15) is 0 Å². The molecule has 0 aliphatic carbocycles. The van der Waals surface area contributed by atoms with E-state index in [0.29, 0.717) is 31.4 Å². The number of ether oxygens (including phenoxy) is 1. The minimum absolute atomic E-state index is 0. The van der Waals surface area contributed by atoms with Gasteiger partial charge in [0.1, 0.15) is 0 Å². The lowest BCUT2D eigenvalue weighted by Crippen LogP contribution is -2.38. The fraction of sp³-hybridized carbons (Fsp3) is 0.650. The topological polar surface area (TPSA) is 61.8 Å². The van der Waals surface area contributed by atoms with Gasteiger partial charge < -0.3 is 20.1 Å². The number of piperidine rings is 1. The Morgan fingerprint density at radius 3 is 2.62 bits per heavy atom. The molecule has 1 fully saturated rings. The van der Waals surface area contributed by atoms with E-state index in [-0.39, 0.29) is 24.9 Å². The number of hydrogen-bond donors (Lipinski definition) is 2. The summed E-state index contributed by atoms with van der Waals surface area (Å²) < 4.78 is 5.54. The Hall–Kier alpha value is -1.14. The monoisotopic (exact) mass is 384 g/mol. The zero-order valence-electron chi connectivity index (χ0n) is 15.9. The number of carbonyl (C=O) groups excluding carboxylic acids is 1.